The van der Waals surface area contributed by atoms with Gasteiger partial charge < -0.3 is 4.74 Å². The maximum atomic E-state index is 11.5. The molecule has 0 saturated carbocycles. The van der Waals surface area contributed by atoms with Gasteiger partial charge in [-0.1, -0.05) is 65.1 Å². The predicted octanol–water partition coefficient (Wildman–Crippen LogP) is 4.28. The molecule has 0 heterocycles. The van der Waals surface area contributed by atoms with Crippen LogP contribution in [0.1, 0.15) is 31.2 Å². The average Bonchev–Trinajstić information content (AvgIpc) is 2.41. The molecule has 1 aromatic carbocycles. The number of carbonyl (C=O) groups excluding carboxylic acids is 1. The minimum Gasteiger partial charge on any atom is -0.461 e. The topological polar surface area (TPSA) is 26.3 Å². The Morgan fingerprint density at radius 1 is 1.17 bits per heavy atom. The molecule has 0 N–H and O–H groups in total. The molecule has 0 fully saturated rings. The van der Waals surface area contributed by atoms with Gasteiger partial charge in [-0.25, -0.2) is 0 Å². The minimum atomic E-state index is -0.110. The Labute approximate surface area is 123 Å². The molecule has 0 aliphatic carbocycles. The minimum absolute atomic E-state index is 0.110. The fourth-order valence-electron chi connectivity index (χ4n) is 1.47. The molecule has 1 rings (SSSR count). The smallest absolute Gasteiger partial charge is 0.306 e. The van der Waals surface area contributed by atoms with Crippen LogP contribution < -0.4 is 0 Å². The summed E-state index contributed by atoms with van der Waals surface area (Å²) in [5.74, 6) is -0.110. The maximum absolute atomic E-state index is 11.5. The predicted molar refractivity (Wildman–Crippen MR) is 82.7 cm³/mol. The number of hydrogen-bond acceptors (Lipinski definition) is 2. The summed E-state index contributed by atoms with van der Waals surface area (Å²) in [6.45, 7) is 0.379. The molecule has 3 heteroatoms. The number of alkyl halides is 1. The van der Waals surface area contributed by atoms with E-state index in [1.165, 1.54) is 0 Å². The molecular weight excluding hydrogens is 339 g/mol. The number of esters is 1. The van der Waals surface area contributed by atoms with Gasteiger partial charge in [0.15, 0.2) is 0 Å². The summed E-state index contributed by atoms with van der Waals surface area (Å²) in [7, 11) is 0. The second kappa shape index (κ2) is 10.1. The third-order valence-corrected chi connectivity index (χ3v) is 3.06. The van der Waals surface area contributed by atoms with Crippen LogP contribution in [0.2, 0.25) is 0 Å². The van der Waals surface area contributed by atoms with E-state index in [-0.39, 0.29) is 5.97 Å². The van der Waals surface area contributed by atoms with Crippen LogP contribution in [0.3, 0.4) is 0 Å². The van der Waals surface area contributed by atoms with Gasteiger partial charge in [0.2, 0.25) is 0 Å². The third kappa shape index (κ3) is 7.48. The first-order valence-corrected chi connectivity index (χ1v) is 7.76. The van der Waals surface area contributed by atoms with Crippen LogP contribution in [0.25, 0.3) is 0 Å². The van der Waals surface area contributed by atoms with Crippen LogP contribution in [-0.2, 0) is 16.1 Å². The van der Waals surface area contributed by atoms with E-state index in [0.717, 1.165) is 29.3 Å². The van der Waals surface area contributed by atoms with Gasteiger partial charge in [0, 0.05) is 10.8 Å². The maximum Gasteiger partial charge on any atom is 0.306 e. The van der Waals surface area contributed by atoms with Crippen molar-refractivity contribution in [3.63, 3.8) is 0 Å². The third-order valence-electron chi connectivity index (χ3n) is 2.44. The molecule has 0 bridgehead atoms. The first kappa shape index (κ1) is 15.2. The summed E-state index contributed by atoms with van der Waals surface area (Å²) in [6.07, 6.45) is 7.74. The van der Waals surface area contributed by atoms with Gasteiger partial charge in [0.05, 0.1) is 0 Å². The van der Waals surface area contributed by atoms with E-state index in [2.05, 4.69) is 34.7 Å². The average molecular weight is 358 g/mol. The number of allylic oxidation sites excluding steroid dienone is 2. The number of rotatable bonds is 8. The highest BCUT2D eigenvalue weighted by Crippen LogP contribution is 2.04. The first-order chi connectivity index (χ1) is 8.83. The molecule has 98 valence electrons. The normalized spacial score (nSPS) is 10.7. The van der Waals surface area contributed by atoms with E-state index in [4.69, 9.17) is 4.74 Å². The fourth-order valence-corrected chi connectivity index (χ4v) is 1.83. The summed E-state index contributed by atoms with van der Waals surface area (Å²) in [5, 5.41) is 0. The van der Waals surface area contributed by atoms with Crippen LogP contribution in [0.4, 0.5) is 0 Å². The zero-order valence-electron chi connectivity index (χ0n) is 10.5. The van der Waals surface area contributed by atoms with Crippen molar-refractivity contribution in [2.24, 2.45) is 0 Å². The van der Waals surface area contributed by atoms with Crippen LogP contribution >= 0.6 is 22.6 Å². The summed E-state index contributed by atoms with van der Waals surface area (Å²) in [4.78, 5) is 11.5. The van der Waals surface area contributed by atoms with Crippen LogP contribution in [-0.4, -0.2) is 10.4 Å². The molecule has 0 aromatic heterocycles. The van der Waals surface area contributed by atoms with Crippen LogP contribution in [0.15, 0.2) is 42.5 Å². The molecule has 0 unspecified atom stereocenters. The van der Waals surface area contributed by atoms with Gasteiger partial charge in [-0.2, -0.15) is 0 Å². The Bertz CT molecular complexity index is 360. The van der Waals surface area contributed by atoms with E-state index in [0.29, 0.717) is 13.0 Å². The molecule has 0 aliphatic rings. The van der Waals surface area contributed by atoms with Crippen molar-refractivity contribution in [3.8, 4) is 0 Å². The Morgan fingerprint density at radius 2 is 1.89 bits per heavy atom. The van der Waals surface area contributed by atoms with Crippen LogP contribution in [0.5, 0.6) is 0 Å². The second-order valence-corrected chi connectivity index (χ2v) is 5.07. The number of benzene rings is 1. The molecule has 2 nitrogen and oxygen atoms in total. The van der Waals surface area contributed by atoms with Gasteiger partial charge in [-0.3, -0.25) is 4.79 Å². The van der Waals surface area contributed by atoms with Gasteiger partial charge >= 0.3 is 5.97 Å². The first-order valence-electron chi connectivity index (χ1n) is 6.23. The van der Waals surface area contributed by atoms with Crippen LogP contribution in [0, 0.1) is 0 Å². The molecule has 0 spiro atoms. The van der Waals surface area contributed by atoms with Crippen molar-refractivity contribution in [3.05, 3.63) is 48.0 Å². The number of hydrogen-bond donors (Lipinski definition) is 0. The number of carbonyl (C=O) groups is 1. The summed E-state index contributed by atoms with van der Waals surface area (Å²) in [6, 6.07) is 9.76. The zero-order valence-corrected chi connectivity index (χ0v) is 12.6. The van der Waals surface area contributed by atoms with Gasteiger partial charge in [-0.15, -0.1) is 0 Å². The van der Waals surface area contributed by atoms with E-state index >= 15 is 0 Å². The zero-order chi connectivity index (χ0) is 13.1. The molecule has 1 aromatic rings. The van der Waals surface area contributed by atoms with Crippen molar-refractivity contribution in [1.82, 2.24) is 0 Å². The Kier molecular flexibility index (Phi) is 8.55. The number of ether oxygens (including phenoxy) is 1. The van der Waals surface area contributed by atoms with E-state index in [1.54, 1.807) is 0 Å². The van der Waals surface area contributed by atoms with E-state index < -0.39 is 0 Å². The molecule has 0 radical (unpaired) electrons. The van der Waals surface area contributed by atoms with Gasteiger partial charge in [-0.05, 0) is 24.8 Å². The van der Waals surface area contributed by atoms with Crippen molar-refractivity contribution in [2.75, 3.05) is 4.43 Å². The van der Waals surface area contributed by atoms with Crippen molar-refractivity contribution in [2.45, 2.75) is 32.3 Å². The molecule has 0 aliphatic heterocycles. The largest absolute Gasteiger partial charge is 0.461 e. The highest BCUT2D eigenvalue weighted by Gasteiger charge is 2.01. The monoisotopic (exact) mass is 358 g/mol. The molecule has 0 saturated heterocycles. The van der Waals surface area contributed by atoms with Crippen molar-refractivity contribution in [1.29, 1.82) is 0 Å². The molecule has 18 heavy (non-hydrogen) atoms. The number of unbranched alkanes of at least 4 members (excludes halogenated alkanes) is 1. The summed E-state index contributed by atoms with van der Waals surface area (Å²) in [5.41, 5.74) is 1.03. The van der Waals surface area contributed by atoms with Gasteiger partial charge in [0.25, 0.3) is 0 Å². The lowest BCUT2D eigenvalue weighted by Crippen LogP contribution is -2.03. The molecule has 0 atom stereocenters. The van der Waals surface area contributed by atoms with E-state index in [9.17, 15) is 4.79 Å². The molecular formula is C15H19IO2. The van der Waals surface area contributed by atoms with Crippen molar-refractivity contribution >= 4 is 28.6 Å². The lowest BCUT2D eigenvalue weighted by Gasteiger charge is -2.03. The SMILES string of the molecule is O=C(CCC/C=C\CCI)OCc1ccccc1. The fraction of sp³-hybridized carbons (Fsp3) is 0.400. The van der Waals surface area contributed by atoms with E-state index in [1.807, 2.05) is 30.3 Å². The Morgan fingerprint density at radius 3 is 2.61 bits per heavy atom. The highest BCUT2D eigenvalue weighted by atomic mass is 127. The second-order valence-electron chi connectivity index (χ2n) is 3.99. The highest BCUT2D eigenvalue weighted by molar-refractivity contribution is 14.1. The van der Waals surface area contributed by atoms with Gasteiger partial charge in [0.1, 0.15) is 6.61 Å². The summed E-state index contributed by atoms with van der Waals surface area (Å²) < 4.78 is 6.34. The van der Waals surface area contributed by atoms with Crippen molar-refractivity contribution < 1.29 is 9.53 Å². The number of halogens is 1. The molecule has 0 amide bonds. The quantitative estimate of drug-likeness (QED) is 0.228. The lowest BCUT2D eigenvalue weighted by atomic mass is 10.2. The standard InChI is InChI=1S/C15H19IO2/c16-12-8-3-1-2-7-11-15(17)18-13-14-9-5-4-6-10-14/h1,3-6,9-10H,2,7-8,11-13H2/b3-1-. The summed E-state index contributed by atoms with van der Waals surface area (Å²) >= 11 is 2.35. The lowest BCUT2D eigenvalue weighted by molar-refractivity contribution is -0.145. The Balaban J connectivity index is 2.07. The Hall–Kier alpha value is -0.840.